The molecule has 2 heterocycles. The zero-order chi connectivity index (χ0) is 17.8. The van der Waals surface area contributed by atoms with E-state index in [-0.39, 0.29) is 11.8 Å². The molecule has 132 valence electrons. The van der Waals surface area contributed by atoms with E-state index >= 15 is 0 Å². The highest BCUT2D eigenvalue weighted by atomic mass is 35.5. The van der Waals surface area contributed by atoms with E-state index in [1.54, 1.807) is 30.0 Å². The lowest BCUT2D eigenvalue weighted by Gasteiger charge is -2.21. The highest BCUT2D eigenvalue weighted by Gasteiger charge is 2.24. The summed E-state index contributed by atoms with van der Waals surface area (Å²) in [5.41, 5.74) is 1.25. The number of rotatable bonds is 3. The van der Waals surface area contributed by atoms with Crippen molar-refractivity contribution in [3.05, 3.63) is 52.4 Å². The van der Waals surface area contributed by atoms with Crippen LogP contribution in [-0.2, 0) is 11.2 Å². The molecule has 0 spiro atoms. The van der Waals surface area contributed by atoms with E-state index < -0.39 is 0 Å². The zero-order valence-electron chi connectivity index (χ0n) is 14.1. The van der Waals surface area contributed by atoms with Gasteiger partial charge in [0.25, 0.3) is 5.91 Å². The van der Waals surface area contributed by atoms with Crippen LogP contribution in [0.2, 0.25) is 5.02 Å². The fourth-order valence-corrected chi connectivity index (χ4v) is 3.01. The summed E-state index contributed by atoms with van der Waals surface area (Å²) in [4.78, 5) is 28.5. The van der Waals surface area contributed by atoms with Crippen LogP contribution in [0.3, 0.4) is 0 Å². The molecule has 1 aliphatic heterocycles. The number of carbonyl (C=O) groups is 2. The van der Waals surface area contributed by atoms with Crippen LogP contribution in [0.4, 0.5) is 0 Å². The minimum atomic E-state index is -0.149. The van der Waals surface area contributed by atoms with Gasteiger partial charge in [-0.3, -0.25) is 9.59 Å². The Balaban J connectivity index is 1.58. The molecule has 0 radical (unpaired) electrons. The maximum absolute atomic E-state index is 12.5. The summed E-state index contributed by atoms with van der Waals surface area (Å²) in [5, 5.41) is 4.44. The second-order valence-electron chi connectivity index (χ2n) is 6.15. The molecule has 1 saturated heterocycles. The van der Waals surface area contributed by atoms with Gasteiger partial charge < -0.3 is 14.3 Å². The Bertz CT molecular complexity index is 757. The summed E-state index contributed by atoms with van der Waals surface area (Å²) >= 11 is 5.87. The van der Waals surface area contributed by atoms with Crippen molar-refractivity contribution in [1.82, 2.24) is 15.0 Å². The van der Waals surface area contributed by atoms with Gasteiger partial charge in [0, 0.05) is 37.3 Å². The van der Waals surface area contributed by atoms with E-state index in [0.29, 0.717) is 49.1 Å². The number of carbonyl (C=O) groups excluding carboxylic acids is 2. The fraction of sp³-hybridized carbons (Fsp3) is 0.389. The molecule has 0 atom stereocenters. The molecule has 1 aliphatic rings. The highest BCUT2D eigenvalue weighted by Crippen LogP contribution is 2.13. The second kappa shape index (κ2) is 7.70. The first-order valence-corrected chi connectivity index (χ1v) is 8.65. The van der Waals surface area contributed by atoms with Crippen LogP contribution in [-0.4, -0.2) is 52.9 Å². The predicted molar refractivity (Wildman–Crippen MR) is 93.5 cm³/mol. The zero-order valence-corrected chi connectivity index (χ0v) is 14.8. The van der Waals surface area contributed by atoms with Crippen molar-refractivity contribution in [3.8, 4) is 0 Å². The normalized spacial score (nSPS) is 15.1. The number of halogens is 1. The first kappa shape index (κ1) is 17.5. The molecular weight excluding hydrogens is 342 g/mol. The standard InChI is InChI=1S/C18H20ClN3O3/c1-13-11-16(20-25-13)18(24)22-8-2-7-21(9-10-22)17(23)12-14-3-5-15(19)6-4-14/h3-6,11H,2,7-10,12H2,1H3. The summed E-state index contributed by atoms with van der Waals surface area (Å²) in [6, 6.07) is 8.93. The molecule has 0 unspecified atom stereocenters. The summed E-state index contributed by atoms with van der Waals surface area (Å²) in [5.74, 6) is 0.524. The Morgan fingerprint density at radius 1 is 1.12 bits per heavy atom. The van der Waals surface area contributed by atoms with Gasteiger partial charge in [-0.25, -0.2) is 0 Å². The number of amides is 2. The quantitative estimate of drug-likeness (QED) is 0.842. The van der Waals surface area contributed by atoms with Gasteiger partial charge in [0.05, 0.1) is 6.42 Å². The molecule has 0 N–H and O–H groups in total. The molecule has 1 aromatic heterocycles. The van der Waals surface area contributed by atoms with Gasteiger partial charge in [0.15, 0.2) is 5.69 Å². The second-order valence-corrected chi connectivity index (χ2v) is 6.59. The van der Waals surface area contributed by atoms with E-state index in [1.165, 1.54) is 0 Å². The van der Waals surface area contributed by atoms with Crippen LogP contribution in [0.5, 0.6) is 0 Å². The first-order chi connectivity index (χ1) is 12.0. The van der Waals surface area contributed by atoms with Crippen molar-refractivity contribution < 1.29 is 14.1 Å². The van der Waals surface area contributed by atoms with Crippen LogP contribution in [0, 0.1) is 6.92 Å². The number of aromatic nitrogens is 1. The van der Waals surface area contributed by atoms with Crippen LogP contribution in [0.25, 0.3) is 0 Å². The molecule has 1 fully saturated rings. The first-order valence-electron chi connectivity index (χ1n) is 8.28. The molecule has 3 rings (SSSR count). The van der Waals surface area contributed by atoms with E-state index in [1.807, 2.05) is 17.0 Å². The Morgan fingerprint density at radius 2 is 1.80 bits per heavy atom. The molecule has 6 nitrogen and oxygen atoms in total. The lowest BCUT2D eigenvalue weighted by molar-refractivity contribution is -0.130. The molecule has 2 aromatic rings. The summed E-state index contributed by atoms with van der Waals surface area (Å²) in [6.45, 7) is 4.03. The predicted octanol–water partition coefficient (Wildman–Crippen LogP) is 2.55. The van der Waals surface area contributed by atoms with Gasteiger partial charge >= 0.3 is 0 Å². The maximum Gasteiger partial charge on any atom is 0.276 e. The lowest BCUT2D eigenvalue weighted by Crippen LogP contribution is -2.38. The van der Waals surface area contributed by atoms with E-state index in [4.69, 9.17) is 16.1 Å². The van der Waals surface area contributed by atoms with Crippen LogP contribution < -0.4 is 0 Å². The van der Waals surface area contributed by atoms with E-state index in [0.717, 1.165) is 12.0 Å². The number of nitrogens with zero attached hydrogens (tertiary/aromatic N) is 3. The van der Waals surface area contributed by atoms with Crippen molar-refractivity contribution >= 4 is 23.4 Å². The van der Waals surface area contributed by atoms with E-state index in [9.17, 15) is 9.59 Å². The third kappa shape index (κ3) is 4.39. The van der Waals surface area contributed by atoms with Gasteiger partial charge in [0.1, 0.15) is 5.76 Å². The number of hydrogen-bond acceptors (Lipinski definition) is 4. The van der Waals surface area contributed by atoms with Crippen molar-refractivity contribution in [2.75, 3.05) is 26.2 Å². The average Bonchev–Trinajstić information content (AvgIpc) is 2.89. The molecule has 2 amide bonds. The molecule has 1 aromatic carbocycles. The molecule has 25 heavy (non-hydrogen) atoms. The summed E-state index contributed by atoms with van der Waals surface area (Å²) < 4.78 is 4.97. The van der Waals surface area contributed by atoms with Gasteiger partial charge in [-0.05, 0) is 31.0 Å². The lowest BCUT2D eigenvalue weighted by atomic mass is 10.1. The maximum atomic E-state index is 12.5. The number of aryl methyl sites for hydroxylation is 1. The third-order valence-electron chi connectivity index (χ3n) is 4.25. The minimum Gasteiger partial charge on any atom is -0.361 e. The highest BCUT2D eigenvalue weighted by molar-refractivity contribution is 6.30. The topological polar surface area (TPSA) is 66.7 Å². The summed E-state index contributed by atoms with van der Waals surface area (Å²) in [6.07, 6.45) is 1.09. The number of hydrogen-bond donors (Lipinski definition) is 0. The average molecular weight is 362 g/mol. The van der Waals surface area contributed by atoms with Crippen molar-refractivity contribution in [2.45, 2.75) is 19.8 Å². The van der Waals surface area contributed by atoms with Crippen molar-refractivity contribution in [1.29, 1.82) is 0 Å². The molecule has 0 aliphatic carbocycles. The molecule has 0 bridgehead atoms. The van der Waals surface area contributed by atoms with Gasteiger partial charge in [0.2, 0.25) is 5.91 Å². The van der Waals surface area contributed by atoms with Gasteiger partial charge in [-0.2, -0.15) is 0 Å². The Labute approximate surface area is 151 Å². The minimum absolute atomic E-state index is 0.0638. The third-order valence-corrected chi connectivity index (χ3v) is 4.50. The van der Waals surface area contributed by atoms with E-state index in [2.05, 4.69) is 5.16 Å². The van der Waals surface area contributed by atoms with Crippen LogP contribution >= 0.6 is 11.6 Å². The SMILES string of the molecule is Cc1cc(C(=O)N2CCCN(C(=O)Cc3ccc(Cl)cc3)CC2)no1. The molecular formula is C18H20ClN3O3. The summed E-state index contributed by atoms with van der Waals surface area (Å²) in [7, 11) is 0. The Kier molecular flexibility index (Phi) is 5.38. The Morgan fingerprint density at radius 3 is 2.48 bits per heavy atom. The number of benzene rings is 1. The Hall–Kier alpha value is -2.34. The fourth-order valence-electron chi connectivity index (χ4n) is 2.89. The molecule has 0 saturated carbocycles. The van der Waals surface area contributed by atoms with Gasteiger partial charge in [-0.15, -0.1) is 0 Å². The largest absolute Gasteiger partial charge is 0.361 e. The smallest absolute Gasteiger partial charge is 0.276 e. The van der Waals surface area contributed by atoms with Crippen molar-refractivity contribution in [3.63, 3.8) is 0 Å². The van der Waals surface area contributed by atoms with Crippen molar-refractivity contribution in [2.24, 2.45) is 0 Å². The van der Waals surface area contributed by atoms with Crippen LogP contribution in [0.15, 0.2) is 34.9 Å². The van der Waals surface area contributed by atoms with Crippen LogP contribution in [0.1, 0.15) is 28.2 Å². The van der Waals surface area contributed by atoms with Gasteiger partial charge in [-0.1, -0.05) is 28.9 Å². The molecule has 7 heteroatoms. The monoisotopic (exact) mass is 361 g/mol.